The maximum absolute atomic E-state index is 14.4. The van der Waals surface area contributed by atoms with Crippen LogP contribution in [0.3, 0.4) is 0 Å². The Morgan fingerprint density at radius 2 is 1.94 bits per heavy atom. The number of benzene rings is 2. The Bertz CT molecular complexity index is 1280. The van der Waals surface area contributed by atoms with Gasteiger partial charge < -0.3 is 9.84 Å². The van der Waals surface area contributed by atoms with Gasteiger partial charge in [0.1, 0.15) is 11.6 Å². The number of halogens is 5. The smallest absolute Gasteiger partial charge is 0.394 e. The van der Waals surface area contributed by atoms with Gasteiger partial charge in [0.25, 0.3) is 5.56 Å². The molecule has 1 aromatic heterocycles. The highest BCUT2D eigenvalue weighted by Crippen LogP contribution is 2.46. The van der Waals surface area contributed by atoms with E-state index >= 15 is 0 Å². The van der Waals surface area contributed by atoms with Crippen LogP contribution < -0.4 is 11.2 Å². The number of thioether (sulfide) groups is 1. The molecule has 1 aliphatic rings. The lowest BCUT2D eigenvalue weighted by molar-refractivity contribution is -0.137. The lowest BCUT2D eigenvalue weighted by atomic mass is 9.96. The Morgan fingerprint density at radius 3 is 2.52 bits per heavy atom. The van der Waals surface area contributed by atoms with E-state index in [1.165, 1.54) is 4.57 Å². The Labute approximate surface area is 188 Å². The van der Waals surface area contributed by atoms with Gasteiger partial charge in [-0.25, -0.2) is 13.6 Å². The van der Waals surface area contributed by atoms with Gasteiger partial charge in [-0.3, -0.25) is 14.3 Å². The zero-order valence-electron chi connectivity index (χ0n) is 17.3. The summed E-state index contributed by atoms with van der Waals surface area (Å²) in [6, 6.07) is 2.91. The molecule has 2 N–H and O–H groups in total. The first-order valence-corrected chi connectivity index (χ1v) is 10.7. The number of nitrogens with zero attached hydrogens (tertiary/aromatic N) is 1. The fourth-order valence-electron chi connectivity index (χ4n) is 3.45. The number of hydrogen-bond acceptors (Lipinski definition) is 5. The quantitative estimate of drug-likeness (QED) is 0.546. The predicted molar refractivity (Wildman–Crippen MR) is 113 cm³/mol. The van der Waals surface area contributed by atoms with Gasteiger partial charge >= 0.3 is 11.9 Å². The number of aryl methyl sites for hydroxylation is 1. The molecular formula is C21H19F5N2O4S. The second-order valence-corrected chi connectivity index (χ2v) is 8.08. The molecule has 0 aliphatic carbocycles. The number of aliphatic hydroxyl groups excluding tert-OH is 1. The molecule has 6 nitrogen and oxygen atoms in total. The first-order valence-electron chi connectivity index (χ1n) is 9.69. The van der Waals surface area contributed by atoms with E-state index in [4.69, 9.17) is 5.11 Å². The van der Waals surface area contributed by atoms with Crippen LogP contribution in [0.5, 0.6) is 0 Å². The van der Waals surface area contributed by atoms with Crippen molar-refractivity contribution < 1.29 is 31.8 Å². The van der Waals surface area contributed by atoms with Gasteiger partial charge in [-0.2, -0.15) is 13.2 Å². The average Bonchev–Trinajstić information content (AvgIpc) is 2.96. The second-order valence-electron chi connectivity index (χ2n) is 6.98. The Kier molecular flexibility index (Phi) is 7.60. The molecular weight excluding hydrogens is 471 g/mol. The number of aliphatic hydroxyl groups is 1. The summed E-state index contributed by atoms with van der Waals surface area (Å²) in [6.45, 7) is 0.763. The third-order valence-electron chi connectivity index (χ3n) is 4.81. The van der Waals surface area contributed by atoms with Crippen molar-refractivity contribution in [2.24, 2.45) is 0 Å². The average molecular weight is 490 g/mol. The molecule has 0 spiro atoms. The number of aromatic nitrogens is 2. The van der Waals surface area contributed by atoms with Crippen molar-refractivity contribution in [3.63, 3.8) is 0 Å². The molecule has 0 atom stereocenters. The van der Waals surface area contributed by atoms with E-state index in [1.54, 1.807) is 7.11 Å². The Morgan fingerprint density at radius 1 is 1.21 bits per heavy atom. The van der Waals surface area contributed by atoms with Crippen LogP contribution >= 0.6 is 11.8 Å². The summed E-state index contributed by atoms with van der Waals surface area (Å²) in [5.74, 6) is -1.73. The number of ether oxygens (including phenoxy) is 1. The monoisotopic (exact) mass is 490 g/mol. The van der Waals surface area contributed by atoms with Gasteiger partial charge in [0.05, 0.1) is 29.7 Å². The maximum atomic E-state index is 14.4. The number of aromatic amines is 1. The molecule has 0 saturated heterocycles. The zero-order valence-corrected chi connectivity index (χ0v) is 18.1. The maximum Gasteiger partial charge on any atom is 0.417 e. The van der Waals surface area contributed by atoms with Crippen LogP contribution in [0.25, 0.3) is 22.0 Å². The van der Waals surface area contributed by atoms with Crippen molar-refractivity contribution in [2.45, 2.75) is 24.0 Å². The molecule has 1 aliphatic heterocycles. The van der Waals surface area contributed by atoms with Crippen LogP contribution in [0.4, 0.5) is 22.0 Å². The number of H-pyrrole nitrogens is 1. The minimum atomic E-state index is -4.90. The second kappa shape index (κ2) is 10.1. The van der Waals surface area contributed by atoms with Crippen molar-refractivity contribution in [1.29, 1.82) is 0 Å². The summed E-state index contributed by atoms with van der Waals surface area (Å²) >= 11 is 1.01. The fourth-order valence-corrected chi connectivity index (χ4v) is 4.65. The third kappa shape index (κ3) is 5.12. The summed E-state index contributed by atoms with van der Waals surface area (Å²) in [4.78, 5) is 26.5. The molecule has 0 amide bonds. The minimum Gasteiger partial charge on any atom is -0.394 e. The van der Waals surface area contributed by atoms with Crippen LogP contribution in [0.1, 0.15) is 12.0 Å². The van der Waals surface area contributed by atoms with E-state index in [0.717, 1.165) is 23.9 Å². The predicted octanol–water partition coefficient (Wildman–Crippen LogP) is 3.77. The summed E-state index contributed by atoms with van der Waals surface area (Å²) in [7, 11) is 1.55. The minimum absolute atomic E-state index is 0.0176. The first kappa shape index (κ1) is 24.9. The number of hydrogen-bond donors (Lipinski definition) is 2. The van der Waals surface area contributed by atoms with Gasteiger partial charge in [-0.05, 0) is 30.4 Å². The number of nitrogens with one attached hydrogen (secondary N) is 1. The molecule has 3 aromatic rings. The molecule has 0 radical (unpaired) electrons. The van der Waals surface area contributed by atoms with Gasteiger partial charge in [0.15, 0.2) is 0 Å². The standard InChI is InChI=1S/C18H11F5N2O2S.C3H8O2/c19-8-2-3-9(12(20)6-8)13-11(18(21,22)23)7-10-14-15(13)28-5-1-4-25(14)17(27)24-16(10)26;1-5-3-2-4/h2-3,6-7H,1,4-5H2,(H,24,26,27);4H,2-3H2,1H3. The van der Waals surface area contributed by atoms with E-state index in [2.05, 4.69) is 4.74 Å². The van der Waals surface area contributed by atoms with Gasteiger partial charge in [-0.1, -0.05) is 0 Å². The van der Waals surface area contributed by atoms with Crippen molar-refractivity contribution in [1.82, 2.24) is 9.55 Å². The fraction of sp³-hybridized carbons (Fsp3) is 0.333. The van der Waals surface area contributed by atoms with Gasteiger partial charge in [-0.15, -0.1) is 11.8 Å². The number of rotatable bonds is 3. The normalized spacial score (nSPS) is 13.4. The molecule has 2 heterocycles. The van der Waals surface area contributed by atoms with E-state index in [0.29, 0.717) is 30.9 Å². The summed E-state index contributed by atoms with van der Waals surface area (Å²) in [6.07, 6.45) is -4.44. The lowest BCUT2D eigenvalue weighted by Gasteiger charge is -2.20. The molecule has 0 bridgehead atoms. The Balaban J connectivity index is 0.000000555. The topological polar surface area (TPSA) is 84.3 Å². The lowest BCUT2D eigenvalue weighted by Crippen LogP contribution is -2.30. The molecule has 0 unspecified atom stereocenters. The zero-order chi connectivity index (χ0) is 24.3. The highest BCUT2D eigenvalue weighted by Gasteiger charge is 2.38. The molecule has 4 rings (SSSR count). The van der Waals surface area contributed by atoms with Crippen LogP contribution in [0.2, 0.25) is 0 Å². The van der Waals surface area contributed by atoms with Crippen molar-refractivity contribution >= 4 is 22.7 Å². The molecule has 178 valence electrons. The van der Waals surface area contributed by atoms with Crippen molar-refractivity contribution in [3.05, 3.63) is 62.3 Å². The van der Waals surface area contributed by atoms with E-state index in [1.807, 2.05) is 4.98 Å². The van der Waals surface area contributed by atoms with Crippen LogP contribution in [-0.4, -0.2) is 40.7 Å². The van der Waals surface area contributed by atoms with E-state index in [-0.39, 0.29) is 29.0 Å². The number of alkyl halides is 3. The SMILES string of the molecule is COCCO.O=c1[nH]c(=O)n2c3c(c(-c4ccc(F)cc4F)c(C(F)(F)F)cc13)SCCC2. The number of methoxy groups -OCH3 is 1. The molecule has 12 heteroatoms. The van der Waals surface area contributed by atoms with Gasteiger partial charge in [0.2, 0.25) is 0 Å². The van der Waals surface area contributed by atoms with Crippen LogP contribution in [-0.2, 0) is 17.5 Å². The van der Waals surface area contributed by atoms with Crippen LogP contribution in [0.15, 0.2) is 38.8 Å². The van der Waals surface area contributed by atoms with E-state index < -0.39 is 45.8 Å². The highest BCUT2D eigenvalue weighted by atomic mass is 32.2. The van der Waals surface area contributed by atoms with Crippen molar-refractivity contribution in [2.75, 3.05) is 26.1 Å². The third-order valence-corrected chi connectivity index (χ3v) is 5.99. The molecule has 2 aromatic carbocycles. The summed E-state index contributed by atoms with van der Waals surface area (Å²) in [5.41, 5.74) is -3.82. The van der Waals surface area contributed by atoms with Gasteiger partial charge in [0, 0.05) is 35.7 Å². The summed E-state index contributed by atoms with van der Waals surface area (Å²) < 4.78 is 74.9. The first-order chi connectivity index (χ1) is 15.6. The van der Waals surface area contributed by atoms with E-state index in [9.17, 15) is 31.5 Å². The molecule has 0 fully saturated rings. The van der Waals surface area contributed by atoms with Crippen molar-refractivity contribution in [3.8, 4) is 11.1 Å². The highest BCUT2D eigenvalue weighted by molar-refractivity contribution is 7.99. The largest absolute Gasteiger partial charge is 0.417 e. The molecule has 0 saturated carbocycles. The van der Waals surface area contributed by atoms with Crippen LogP contribution in [0, 0.1) is 11.6 Å². The summed E-state index contributed by atoms with van der Waals surface area (Å²) in [5, 5.41) is 7.64. The molecule has 33 heavy (non-hydrogen) atoms. The Hall–Kier alpha value is -2.70.